The van der Waals surface area contributed by atoms with Crippen molar-refractivity contribution in [3.63, 3.8) is 0 Å². The fourth-order valence-electron chi connectivity index (χ4n) is 5.33. The summed E-state index contributed by atoms with van der Waals surface area (Å²) < 4.78 is 20.8. The molecule has 2 aromatic rings. The van der Waals surface area contributed by atoms with E-state index in [1.54, 1.807) is 18.2 Å². The molecule has 3 aliphatic heterocycles. The standard InChI is InChI=1S/C26H32FN7O2/c1-32-13-4-5-19(32)17-36-26-30-22-16-34(23-7-3-2-6-21(23)27)24(35)9-8-20(22)25(31-26)33-14-12-29-18(15-33)10-11-28/h2-3,6-7,18-19,29H,4-5,8-10,12-17H2,1H3/t18-,19-/m0/s1. The van der Waals surface area contributed by atoms with E-state index in [-0.39, 0.29) is 36.6 Å². The van der Waals surface area contributed by atoms with Crippen molar-refractivity contribution >= 4 is 17.4 Å². The Hall–Kier alpha value is -3.29. The Morgan fingerprint density at radius 2 is 2.11 bits per heavy atom. The zero-order valence-electron chi connectivity index (χ0n) is 20.6. The maximum absolute atomic E-state index is 14.7. The lowest BCUT2D eigenvalue weighted by Gasteiger charge is -2.35. The normalized spacial score (nSPS) is 22.8. The summed E-state index contributed by atoms with van der Waals surface area (Å²) in [5.74, 6) is 0.162. The Balaban J connectivity index is 1.49. The molecule has 2 atom stereocenters. The van der Waals surface area contributed by atoms with Crippen LogP contribution in [0.25, 0.3) is 0 Å². The predicted octanol–water partition coefficient (Wildman–Crippen LogP) is 2.26. The number of hydrogen-bond donors (Lipinski definition) is 1. The third-order valence-electron chi connectivity index (χ3n) is 7.36. The van der Waals surface area contributed by atoms with E-state index in [0.717, 1.165) is 43.9 Å². The first kappa shape index (κ1) is 24.4. The van der Waals surface area contributed by atoms with E-state index < -0.39 is 5.82 Å². The van der Waals surface area contributed by atoms with Crippen LogP contribution in [-0.4, -0.2) is 72.7 Å². The van der Waals surface area contributed by atoms with Gasteiger partial charge in [-0.2, -0.15) is 15.2 Å². The van der Waals surface area contributed by atoms with Gasteiger partial charge in [0.2, 0.25) is 5.91 Å². The lowest BCUT2D eigenvalue weighted by Crippen LogP contribution is -2.51. The average Bonchev–Trinajstić information content (AvgIpc) is 3.22. The number of benzene rings is 1. The van der Waals surface area contributed by atoms with Crippen molar-refractivity contribution in [2.45, 2.75) is 50.7 Å². The number of fused-ring (bicyclic) bond motifs is 1. The van der Waals surface area contributed by atoms with Crippen molar-refractivity contribution in [1.82, 2.24) is 20.2 Å². The number of halogens is 1. The number of rotatable bonds is 6. The Morgan fingerprint density at radius 3 is 2.89 bits per heavy atom. The summed E-state index contributed by atoms with van der Waals surface area (Å²) in [6.07, 6.45) is 3.31. The Bertz CT molecular complexity index is 1150. The van der Waals surface area contributed by atoms with Crippen LogP contribution >= 0.6 is 0 Å². The van der Waals surface area contributed by atoms with Crippen LogP contribution in [0.1, 0.15) is 36.9 Å². The van der Waals surface area contributed by atoms with Crippen molar-refractivity contribution in [3.05, 3.63) is 41.3 Å². The van der Waals surface area contributed by atoms with Crippen LogP contribution in [0.5, 0.6) is 6.01 Å². The summed E-state index contributed by atoms with van der Waals surface area (Å²) in [7, 11) is 2.10. The molecule has 1 amide bonds. The molecule has 1 aromatic heterocycles. The van der Waals surface area contributed by atoms with Gasteiger partial charge in [-0.25, -0.2) is 4.39 Å². The van der Waals surface area contributed by atoms with Gasteiger partial charge in [-0.1, -0.05) is 12.1 Å². The van der Waals surface area contributed by atoms with Crippen molar-refractivity contribution in [2.24, 2.45) is 0 Å². The predicted molar refractivity (Wildman–Crippen MR) is 133 cm³/mol. The number of aromatic nitrogens is 2. The molecule has 5 rings (SSSR count). The van der Waals surface area contributed by atoms with Gasteiger partial charge in [-0.05, 0) is 45.0 Å². The molecule has 190 valence electrons. The van der Waals surface area contributed by atoms with Gasteiger partial charge >= 0.3 is 6.01 Å². The van der Waals surface area contributed by atoms with Gasteiger partial charge in [0.15, 0.2) is 0 Å². The number of nitrogens with zero attached hydrogens (tertiary/aromatic N) is 6. The number of para-hydroxylation sites is 1. The first-order valence-electron chi connectivity index (χ1n) is 12.7. The highest BCUT2D eigenvalue weighted by atomic mass is 19.1. The van der Waals surface area contributed by atoms with E-state index >= 15 is 0 Å². The van der Waals surface area contributed by atoms with Crippen molar-refractivity contribution in [2.75, 3.05) is 49.6 Å². The second-order valence-corrected chi connectivity index (χ2v) is 9.73. The number of carbonyl (C=O) groups excluding carboxylic acids is 1. The molecule has 0 spiro atoms. The number of amides is 1. The van der Waals surface area contributed by atoms with Gasteiger partial charge < -0.3 is 24.8 Å². The molecule has 0 bridgehead atoms. The number of hydrogen-bond acceptors (Lipinski definition) is 8. The van der Waals surface area contributed by atoms with Crippen LogP contribution in [-0.2, 0) is 17.8 Å². The maximum atomic E-state index is 14.7. The molecule has 3 aliphatic rings. The van der Waals surface area contributed by atoms with E-state index in [1.165, 1.54) is 11.0 Å². The van der Waals surface area contributed by atoms with Gasteiger partial charge in [0.25, 0.3) is 0 Å². The summed E-state index contributed by atoms with van der Waals surface area (Å²) >= 11 is 0. The number of likely N-dealkylation sites (tertiary alicyclic amines) is 1. The molecule has 36 heavy (non-hydrogen) atoms. The monoisotopic (exact) mass is 493 g/mol. The third-order valence-corrected chi connectivity index (χ3v) is 7.36. The topological polar surface area (TPSA) is 97.6 Å². The summed E-state index contributed by atoms with van der Waals surface area (Å²) in [6, 6.07) is 9.20. The number of nitrogens with one attached hydrogen (secondary N) is 1. The lowest BCUT2D eigenvalue weighted by molar-refractivity contribution is -0.118. The molecule has 0 aliphatic carbocycles. The lowest BCUT2D eigenvalue weighted by atomic mass is 10.1. The zero-order chi connectivity index (χ0) is 25.1. The molecule has 0 unspecified atom stereocenters. The smallest absolute Gasteiger partial charge is 0.318 e. The van der Waals surface area contributed by atoms with E-state index in [4.69, 9.17) is 14.7 Å². The summed E-state index contributed by atoms with van der Waals surface area (Å²) in [6.45, 7) is 3.77. The summed E-state index contributed by atoms with van der Waals surface area (Å²) in [5, 5.41) is 12.6. The molecule has 2 saturated heterocycles. The Morgan fingerprint density at radius 1 is 1.25 bits per heavy atom. The van der Waals surface area contributed by atoms with Crippen LogP contribution in [0.3, 0.4) is 0 Å². The van der Waals surface area contributed by atoms with E-state index in [0.29, 0.717) is 37.7 Å². The first-order valence-corrected chi connectivity index (χ1v) is 12.7. The quantitative estimate of drug-likeness (QED) is 0.655. The molecule has 10 heteroatoms. The molecule has 4 heterocycles. The zero-order valence-corrected chi connectivity index (χ0v) is 20.6. The summed E-state index contributed by atoms with van der Waals surface area (Å²) in [4.78, 5) is 28.6. The Labute approximate surface area is 210 Å². The molecule has 1 N–H and O–H groups in total. The van der Waals surface area contributed by atoms with Crippen LogP contribution in [0.15, 0.2) is 24.3 Å². The van der Waals surface area contributed by atoms with Crippen LogP contribution in [0, 0.1) is 17.1 Å². The van der Waals surface area contributed by atoms with Crippen LogP contribution in [0.4, 0.5) is 15.9 Å². The number of likely N-dealkylation sites (N-methyl/N-ethyl adjacent to an activating group) is 1. The second-order valence-electron chi connectivity index (χ2n) is 9.73. The number of carbonyl (C=O) groups is 1. The Kier molecular flexibility index (Phi) is 7.30. The average molecular weight is 494 g/mol. The number of ether oxygens (including phenoxy) is 1. The van der Waals surface area contributed by atoms with Gasteiger partial charge in [0.05, 0.1) is 30.4 Å². The minimum Gasteiger partial charge on any atom is -0.462 e. The molecule has 0 radical (unpaired) electrons. The van der Waals surface area contributed by atoms with E-state index in [1.807, 2.05) is 0 Å². The number of anilines is 2. The van der Waals surface area contributed by atoms with Gasteiger partial charge in [-0.15, -0.1) is 0 Å². The number of nitriles is 1. The SMILES string of the molecule is CN1CCC[C@H]1COc1nc2c(c(N3CCN[C@@H](CC#N)C3)n1)CCC(=O)N(c1ccccc1F)C2. The molecular formula is C26H32FN7O2. The van der Waals surface area contributed by atoms with Gasteiger partial charge in [-0.3, -0.25) is 4.79 Å². The largest absolute Gasteiger partial charge is 0.462 e. The van der Waals surface area contributed by atoms with Crippen LogP contribution < -0.4 is 19.9 Å². The van der Waals surface area contributed by atoms with Gasteiger partial charge in [0.1, 0.15) is 18.2 Å². The molecule has 2 fully saturated rings. The highest BCUT2D eigenvalue weighted by molar-refractivity contribution is 5.94. The highest BCUT2D eigenvalue weighted by Crippen LogP contribution is 2.32. The third kappa shape index (κ3) is 5.13. The van der Waals surface area contributed by atoms with Crippen molar-refractivity contribution in [1.29, 1.82) is 5.26 Å². The molecule has 0 saturated carbocycles. The fraction of sp³-hybridized carbons (Fsp3) is 0.538. The minimum absolute atomic E-state index is 0.0354. The van der Waals surface area contributed by atoms with Crippen LogP contribution in [0.2, 0.25) is 0 Å². The fourth-order valence-corrected chi connectivity index (χ4v) is 5.33. The minimum atomic E-state index is -0.439. The maximum Gasteiger partial charge on any atom is 0.318 e. The first-order chi connectivity index (χ1) is 17.5. The molecular weight excluding hydrogens is 461 g/mol. The number of piperazine rings is 1. The van der Waals surface area contributed by atoms with E-state index in [2.05, 4.69) is 28.2 Å². The second kappa shape index (κ2) is 10.8. The van der Waals surface area contributed by atoms with E-state index in [9.17, 15) is 14.4 Å². The summed E-state index contributed by atoms with van der Waals surface area (Å²) in [5.41, 5.74) is 1.83. The molecule has 9 nitrogen and oxygen atoms in total. The van der Waals surface area contributed by atoms with Gasteiger partial charge in [0, 0.05) is 43.7 Å². The molecule has 1 aromatic carbocycles. The highest BCUT2D eigenvalue weighted by Gasteiger charge is 2.31. The van der Waals surface area contributed by atoms with Crippen molar-refractivity contribution < 1.29 is 13.9 Å². The van der Waals surface area contributed by atoms with Crippen molar-refractivity contribution in [3.8, 4) is 12.1 Å².